The van der Waals surface area contributed by atoms with Gasteiger partial charge in [0.1, 0.15) is 78.3 Å². The van der Waals surface area contributed by atoms with Gasteiger partial charge in [0.2, 0.25) is 11.7 Å². The normalized spacial score (nSPS) is 34.0. The minimum absolute atomic E-state index is 0.00825. The fourth-order valence-electron chi connectivity index (χ4n) is 5.04. The molecule has 5 unspecified atom stereocenters. The van der Waals surface area contributed by atoms with Gasteiger partial charge in [-0.25, -0.2) is 0 Å². The van der Waals surface area contributed by atoms with Gasteiger partial charge in [0.25, 0.3) is 0 Å². The van der Waals surface area contributed by atoms with Crippen molar-refractivity contribution >= 4 is 11.0 Å². The lowest BCUT2D eigenvalue weighted by molar-refractivity contribution is -0.277. The van der Waals surface area contributed by atoms with Crippen LogP contribution < -0.4 is 10.2 Å². The summed E-state index contributed by atoms with van der Waals surface area (Å²) in [4.78, 5) is 13.4. The summed E-state index contributed by atoms with van der Waals surface area (Å²) in [5, 5.41) is 90.3. The Bertz CT molecular complexity index is 1420. The minimum atomic E-state index is -1.72. The van der Waals surface area contributed by atoms with Gasteiger partial charge in [0.15, 0.2) is 0 Å². The topological polar surface area (TPSA) is 240 Å². The second kappa shape index (κ2) is 11.6. The van der Waals surface area contributed by atoms with Crippen molar-refractivity contribution in [2.75, 3.05) is 13.2 Å². The van der Waals surface area contributed by atoms with Crippen LogP contribution in [0.15, 0.2) is 51.9 Å². The van der Waals surface area contributed by atoms with Crippen LogP contribution in [0, 0.1) is 0 Å². The van der Waals surface area contributed by atoms with Crippen LogP contribution in [0.1, 0.15) is 11.7 Å². The first-order valence-electron chi connectivity index (χ1n) is 12.7. The number of phenols is 1. The number of hydrogen-bond donors (Lipinski definition) is 9. The molecule has 0 aliphatic carbocycles. The predicted octanol–water partition coefficient (Wildman–Crippen LogP) is -2.14. The van der Waals surface area contributed by atoms with Gasteiger partial charge in [-0.05, 0) is 29.8 Å². The highest BCUT2D eigenvalue weighted by Gasteiger charge is 2.46. The van der Waals surface area contributed by atoms with Crippen molar-refractivity contribution in [1.29, 1.82) is 0 Å². The highest BCUT2D eigenvalue weighted by Crippen LogP contribution is 2.40. The Morgan fingerprint density at radius 1 is 0.732 bits per heavy atom. The Hall–Kier alpha value is -3.15. The first kappa shape index (κ1) is 29.3. The molecule has 2 aliphatic heterocycles. The van der Waals surface area contributed by atoms with Gasteiger partial charge in [-0.2, -0.15) is 0 Å². The van der Waals surface area contributed by atoms with E-state index >= 15 is 0 Å². The number of hydrogen-bond acceptors (Lipinski definition) is 14. The van der Waals surface area contributed by atoms with Gasteiger partial charge in [-0.1, -0.05) is 12.1 Å². The fourth-order valence-corrected chi connectivity index (χ4v) is 5.04. The summed E-state index contributed by atoms with van der Waals surface area (Å²) in [5.74, 6) is -0.231. The molecule has 0 spiro atoms. The number of aromatic hydroxyl groups is 1. The lowest BCUT2D eigenvalue weighted by atomic mass is 9.89. The van der Waals surface area contributed by atoms with Gasteiger partial charge < -0.3 is 64.6 Å². The Balaban J connectivity index is 1.43. The number of aliphatic hydroxyl groups is 8. The largest absolute Gasteiger partial charge is 0.507 e. The van der Waals surface area contributed by atoms with E-state index in [1.807, 2.05) is 0 Å². The Kier molecular flexibility index (Phi) is 8.31. The van der Waals surface area contributed by atoms with Crippen molar-refractivity contribution in [2.45, 2.75) is 61.2 Å². The lowest BCUT2D eigenvalue weighted by Gasteiger charge is -2.40. The monoisotopic (exact) mass is 578 g/mol. The maximum absolute atomic E-state index is 13.4. The van der Waals surface area contributed by atoms with Crippen molar-refractivity contribution in [3.63, 3.8) is 0 Å². The van der Waals surface area contributed by atoms with Crippen molar-refractivity contribution in [1.82, 2.24) is 0 Å². The molecule has 14 heteroatoms. The third-order valence-electron chi connectivity index (χ3n) is 7.40. The van der Waals surface area contributed by atoms with Crippen LogP contribution in [0.25, 0.3) is 22.1 Å². The van der Waals surface area contributed by atoms with Crippen molar-refractivity contribution in [3.05, 3.63) is 58.4 Å². The van der Waals surface area contributed by atoms with E-state index in [4.69, 9.17) is 18.6 Å². The van der Waals surface area contributed by atoms with Gasteiger partial charge in [-0.3, -0.25) is 4.79 Å². The fraction of sp³-hybridized carbons (Fsp3) is 0.444. The molecule has 2 aromatic carbocycles. The molecule has 2 aliphatic rings. The number of benzene rings is 2. The Morgan fingerprint density at radius 3 is 1.98 bits per heavy atom. The quantitative estimate of drug-likeness (QED) is 0.152. The summed E-state index contributed by atoms with van der Waals surface area (Å²) in [6, 6.07) is 8.43. The summed E-state index contributed by atoms with van der Waals surface area (Å²) in [7, 11) is 0. The zero-order valence-corrected chi connectivity index (χ0v) is 21.3. The molecular formula is C27H30O14. The van der Waals surface area contributed by atoms with E-state index in [-0.39, 0.29) is 27.8 Å². The molecule has 3 aromatic rings. The van der Waals surface area contributed by atoms with E-state index in [9.17, 15) is 50.8 Å². The number of rotatable bonds is 6. The van der Waals surface area contributed by atoms with Gasteiger partial charge in [0.05, 0.1) is 29.7 Å². The van der Waals surface area contributed by atoms with Crippen LogP contribution in [0.3, 0.4) is 0 Å². The number of fused-ring (bicyclic) bond motifs is 1. The zero-order chi connectivity index (χ0) is 29.6. The first-order chi connectivity index (χ1) is 19.6. The summed E-state index contributed by atoms with van der Waals surface area (Å²) in [5.41, 5.74) is -0.289. The zero-order valence-electron chi connectivity index (χ0n) is 21.3. The average Bonchev–Trinajstić information content (AvgIpc) is 2.97. The third kappa shape index (κ3) is 5.19. The Labute approximate surface area is 231 Å². The molecule has 3 heterocycles. The van der Waals surface area contributed by atoms with Gasteiger partial charge in [0, 0.05) is 0 Å². The third-order valence-corrected chi connectivity index (χ3v) is 7.40. The molecule has 14 nitrogen and oxygen atoms in total. The maximum Gasteiger partial charge on any atom is 0.229 e. The molecule has 10 atom stereocenters. The van der Waals surface area contributed by atoms with Crippen LogP contribution in [0.2, 0.25) is 0 Å². The second-order valence-corrected chi connectivity index (χ2v) is 9.94. The summed E-state index contributed by atoms with van der Waals surface area (Å²) in [6.45, 7) is -1.30. The number of ether oxygens (including phenoxy) is 3. The Morgan fingerprint density at radius 2 is 1.34 bits per heavy atom. The molecule has 222 valence electrons. The predicted molar refractivity (Wildman–Crippen MR) is 137 cm³/mol. The van der Waals surface area contributed by atoms with E-state index in [0.717, 1.165) is 6.26 Å². The first-order valence-corrected chi connectivity index (χ1v) is 12.7. The molecule has 0 amide bonds. The molecule has 0 bridgehead atoms. The van der Waals surface area contributed by atoms with Crippen LogP contribution >= 0.6 is 0 Å². The molecule has 5 rings (SSSR count). The van der Waals surface area contributed by atoms with E-state index in [0.29, 0.717) is 5.56 Å². The molecular weight excluding hydrogens is 548 g/mol. The number of aliphatic hydroxyl groups excluding tert-OH is 8. The summed E-state index contributed by atoms with van der Waals surface area (Å²) < 4.78 is 22.2. The van der Waals surface area contributed by atoms with Crippen LogP contribution in [-0.4, -0.2) is 114 Å². The summed E-state index contributed by atoms with van der Waals surface area (Å²) >= 11 is 0. The number of phenolic OH excluding ortho intramolecular Hbond substituents is 1. The SMILES string of the molecule is O=c1c(-c2ccc(O[C@H]3OC(CO)[C@H](O)C(O)C3O)cc2)coc2c([C@@H]3OC(CO)[C@@H](O)[C@H](O)C3O)c(O)ccc12. The molecule has 9 N–H and O–H groups in total. The highest BCUT2D eigenvalue weighted by atomic mass is 16.7. The van der Waals surface area contributed by atoms with E-state index in [2.05, 4.69) is 0 Å². The van der Waals surface area contributed by atoms with Crippen LogP contribution in [-0.2, 0) is 9.47 Å². The molecule has 0 radical (unpaired) electrons. The molecule has 2 fully saturated rings. The standard InChI is InChI=1S/C27H30O14/c28-7-15-19(32)21(34)23(36)26(40-15)17-14(30)6-5-12-18(31)13(9-38-25(12)17)10-1-3-11(4-2-10)39-27-24(37)22(35)20(33)16(8-29)41-27/h1-6,9,15-16,19-24,26-30,32-37H,7-8H2/t15?,16?,19-,20+,21+,22?,23?,24?,26+,27+/m1/s1. The molecule has 41 heavy (non-hydrogen) atoms. The van der Waals surface area contributed by atoms with Gasteiger partial charge >= 0.3 is 0 Å². The molecule has 1 aromatic heterocycles. The highest BCUT2D eigenvalue weighted by molar-refractivity contribution is 5.86. The second-order valence-electron chi connectivity index (χ2n) is 9.94. The van der Waals surface area contributed by atoms with Crippen molar-refractivity contribution < 1.29 is 64.6 Å². The van der Waals surface area contributed by atoms with E-state index < -0.39 is 85.6 Å². The van der Waals surface area contributed by atoms with Crippen LogP contribution in [0.4, 0.5) is 0 Å². The molecule has 0 saturated carbocycles. The summed E-state index contributed by atoms with van der Waals surface area (Å²) in [6.07, 6.45) is -13.9. The smallest absolute Gasteiger partial charge is 0.229 e. The average molecular weight is 579 g/mol. The van der Waals surface area contributed by atoms with E-state index in [1.54, 1.807) is 0 Å². The lowest BCUT2D eigenvalue weighted by Crippen LogP contribution is -2.60. The maximum atomic E-state index is 13.4. The minimum Gasteiger partial charge on any atom is -0.507 e. The molecule has 2 saturated heterocycles. The van der Waals surface area contributed by atoms with Crippen LogP contribution in [0.5, 0.6) is 11.5 Å². The van der Waals surface area contributed by atoms with Gasteiger partial charge in [-0.15, -0.1) is 0 Å². The van der Waals surface area contributed by atoms with E-state index in [1.165, 1.54) is 36.4 Å². The van der Waals surface area contributed by atoms with Crippen molar-refractivity contribution in [3.8, 4) is 22.6 Å². The van der Waals surface area contributed by atoms with Crippen molar-refractivity contribution in [2.24, 2.45) is 0 Å².